The zero-order chi connectivity index (χ0) is 13.2. The summed E-state index contributed by atoms with van der Waals surface area (Å²) in [6, 6.07) is 3.37. The number of nitrogens with one attached hydrogen (secondary N) is 1. The second kappa shape index (κ2) is 4.65. The normalized spacial score (nSPS) is 11.7. The number of anilines is 1. The number of nitrogens with two attached hydrogens (primary N) is 1. The molecule has 94 valence electrons. The molecule has 1 aromatic carbocycles. The van der Waals surface area contributed by atoms with Gasteiger partial charge >= 0.3 is 0 Å². The summed E-state index contributed by atoms with van der Waals surface area (Å²) < 4.78 is 23.6. The van der Waals surface area contributed by atoms with E-state index in [1.54, 1.807) is 0 Å². The van der Waals surface area contributed by atoms with Crippen LogP contribution in [0.1, 0.15) is 0 Å². The first kappa shape index (κ1) is 13.4. The number of sulfonamides is 1. The Balaban J connectivity index is 3.38. The molecule has 1 aromatic rings. The quantitative estimate of drug-likeness (QED) is 0.444. The van der Waals surface area contributed by atoms with Crippen molar-refractivity contribution in [3.63, 3.8) is 0 Å². The molecule has 0 fully saturated rings. The average Bonchev–Trinajstić information content (AvgIpc) is 2.14. The van der Waals surface area contributed by atoms with E-state index >= 15 is 0 Å². The summed E-state index contributed by atoms with van der Waals surface area (Å²) >= 11 is 0. The summed E-state index contributed by atoms with van der Waals surface area (Å²) in [5.41, 5.74) is 5.04. The van der Waals surface area contributed by atoms with E-state index in [4.69, 9.17) is 5.73 Å². The van der Waals surface area contributed by atoms with Crippen molar-refractivity contribution in [2.45, 2.75) is 4.90 Å². The Kier molecular flexibility index (Phi) is 3.66. The first-order chi connectivity index (χ1) is 7.74. The van der Waals surface area contributed by atoms with Crippen molar-refractivity contribution in [1.82, 2.24) is 9.84 Å². The molecular formula is C8H12N4O4S. The number of hydrogen-bond acceptors (Lipinski definition) is 6. The zero-order valence-corrected chi connectivity index (χ0v) is 10.1. The molecule has 0 saturated carbocycles. The molecule has 8 nitrogen and oxygen atoms in total. The molecule has 9 heteroatoms. The second-order valence-corrected chi connectivity index (χ2v) is 5.10. The molecule has 0 amide bonds. The molecule has 0 aliphatic heterocycles. The zero-order valence-electron chi connectivity index (χ0n) is 9.25. The van der Waals surface area contributed by atoms with E-state index in [0.29, 0.717) is 0 Å². The highest BCUT2D eigenvalue weighted by atomic mass is 32.2. The summed E-state index contributed by atoms with van der Waals surface area (Å²) in [5.74, 6) is 0. The van der Waals surface area contributed by atoms with Gasteiger partial charge < -0.3 is 5.73 Å². The van der Waals surface area contributed by atoms with Crippen molar-refractivity contribution in [2.24, 2.45) is 0 Å². The van der Waals surface area contributed by atoms with Crippen LogP contribution in [0, 0.1) is 10.1 Å². The lowest BCUT2D eigenvalue weighted by Crippen LogP contribution is -2.36. The number of nitrogens with zero attached hydrogens (tertiary/aromatic N) is 2. The van der Waals surface area contributed by atoms with Crippen molar-refractivity contribution in [2.75, 3.05) is 19.8 Å². The summed E-state index contributed by atoms with van der Waals surface area (Å²) in [4.78, 5) is 11.6. The maximum absolute atomic E-state index is 11.8. The maximum atomic E-state index is 11.8. The number of rotatable bonds is 4. The second-order valence-electron chi connectivity index (χ2n) is 3.47. The van der Waals surface area contributed by atoms with E-state index in [0.717, 1.165) is 12.1 Å². The van der Waals surface area contributed by atoms with Gasteiger partial charge in [-0.25, -0.2) is 13.4 Å². The van der Waals surface area contributed by atoms with Crippen LogP contribution in [0.2, 0.25) is 0 Å². The molecule has 0 atom stereocenters. The highest BCUT2D eigenvalue weighted by Gasteiger charge is 2.26. The van der Waals surface area contributed by atoms with E-state index in [9.17, 15) is 18.5 Å². The van der Waals surface area contributed by atoms with Crippen LogP contribution in [-0.2, 0) is 10.0 Å². The van der Waals surface area contributed by atoms with E-state index in [-0.39, 0.29) is 5.69 Å². The highest BCUT2D eigenvalue weighted by molar-refractivity contribution is 7.89. The van der Waals surface area contributed by atoms with Gasteiger partial charge in [0.25, 0.3) is 15.7 Å². The van der Waals surface area contributed by atoms with Gasteiger partial charge in [-0.3, -0.25) is 10.1 Å². The average molecular weight is 260 g/mol. The van der Waals surface area contributed by atoms with E-state index in [1.165, 1.54) is 25.2 Å². The lowest BCUT2D eigenvalue weighted by Gasteiger charge is -2.12. The number of nitro benzene ring substituents is 1. The summed E-state index contributed by atoms with van der Waals surface area (Å²) in [6.45, 7) is 0. The summed E-state index contributed by atoms with van der Waals surface area (Å²) in [5, 5.41) is 11.9. The third-order valence-corrected chi connectivity index (χ3v) is 3.28. The number of nitrogen functional groups attached to an aromatic ring is 1. The molecule has 0 heterocycles. The van der Waals surface area contributed by atoms with Crippen LogP contribution in [-0.4, -0.2) is 32.4 Å². The van der Waals surface area contributed by atoms with Crippen LogP contribution in [0.4, 0.5) is 11.4 Å². The van der Waals surface area contributed by atoms with Crippen LogP contribution in [0.3, 0.4) is 0 Å². The number of hydrogen-bond donors (Lipinski definition) is 2. The largest absolute Gasteiger partial charge is 0.399 e. The van der Waals surface area contributed by atoms with Crippen molar-refractivity contribution < 1.29 is 13.3 Å². The Morgan fingerprint density at radius 2 is 2.00 bits per heavy atom. The van der Waals surface area contributed by atoms with Gasteiger partial charge in [-0.1, -0.05) is 0 Å². The minimum absolute atomic E-state index is 0.134. The lowest BCUT2D eigenvalue weighted by atomic mass is 10.3. The summed E-state index contributed by atoms with van der Waals surface area (Å²) in [6.07, 6.45) is 0. The Morgan fingerprint density at radius 3 is 2.47 bits per heavy atom. The van der Waals surface area contributed by atoms with E-state index < -0.39 is 25.5 Å². The van der Waals surface area contributed by atoms with Gasteiger partial charge in [0.05, 0.1) is 4.92 Å². The van der Waals surface area contributed by atoms with Crippen LogP contribution in [0.15, 0.2) is 23.1 Å². The molecule has 0 aliphatic rings. The van der Waals surface area contributed by atoms with Crippen LogP contribution >= 0.6 is 0 Å². The predicted molar refractivity (Wildman–Crippen MR) is 61.5 cm³/mol. The smallest absolute Gasteiger partial charge is 0.289 e. The molecule has 0 unspecified atom stereocenters. The lowest BCUT2D eigenvalue weighted by molar-refractivity contribution is -0.387. The highest BCUT2D eigenvalue weighted by Crippen LogP contribution is 2.25. The third-order valence-electron chi connectivity index (χ3n) is 1.77. The molecule has 0 spiro atoms. The maximum Gasteiger partial charge on any atom is 0.289 e. The fraction of sp³-hybridized carbons (Fsp3) is 0.250. The molecule has 0 saturated heterocycles. The first-order valence-corrected chi connectivity index (χ1v) is 5.96. The molecule has 0 aliphatic carbocycles. The van der Waals surface area contributed by atoms with Gasteiger partial charge in [0.1, 0.15) is 0 Å². The van der Waals surface area contributed by atoms with Gasteiger partial charge in [0.2, 0.25) is 0 Å². The molecule has 17 heavy (non-hydrogen) atoms. The van der Waals surface area contributed by atoms with Crippen molar-refractivity contribution >= 4 is 21.4 Å². The standard InChI is InChI=1S/C8H12N4O4S/c1-11(2)10-17(15,16)8-5-6(9)3-4-7(8)12(13)14/h3-5,10H,9H2,1-2H3. The van der Waals surface area contributed by atoms with Crippen LogP contribution < -0.4 is 10.6 Å². The van der Waals surface area contributed by atoms with Gasteiger partial charge in [-0.2, -0.15) is 0 Å². The molecule has 0 bridgehead atoms. The van der Waals surface area contributed by atoms with Gasteiger partial charge in [0.15, 0.2) is 4.90 Å². The molecule has 0 radical (unpaired) electrons. The van der Waals surface area contributed by atoms with Gasteiger partial charge in [-0.15, -0.1) is 4.83 Å². The van der Waals surface area contributed by atoms with E-state index in [1.807, 2.05) is 0 Å². The summed E-state index contributed by atoms with van der Waals surface area (Å²) in [7, 11) is -1.10. The Bertz CT molecular complexity index is 540. The number of nitro groups is 1. The number of benzene rings is 1. The Labute approximate surface area is 98.2 Å². The predicted octanol–water partition coefficient (Wildman–Crippen LogP) is -0.0681. The minimum Gasteiger partial charge on any atom is -0.399 e. The van der Waals surface area contributed by atoms with Crippen molar-refractivity contribution in [3.8, 4) is 0 Å². The first-order valence-electron chi connectivity index (χ1n) is 4.48. The van der Waals surface area contributed by atoms with E-state index in [2.05, 4.69) is 4.83 Å². The van der Waals surface area contributed by atoms with Crippen molar-refractivity contribution in [3.05, 3.63) is 28.3 Å². The van der Waals surface area contributed by atoms with Gasteiger partial charge in [0, 0.05) is 25.8 Å². The topological polar surface area (TPSA) is 119 Å². The molecule has 3 N–H and O–H groups in total. The van der Waals surface area contributed by atoms with Gasteiger partial charge in [-0.05, 0) is 12.1 Å². The SMILES string of the molecule is CN(C)NS(=O)(=O)c1cc(N)ccc1[N+](=O)[O-]. The molecule has 1 rings (SSSR count). The monoisotopic (exact) mass is 260 g/mol. The fourth-order valence-electron chi connectivity index (χ4n) is 1.19. The van der Waals surface area contributed by atoms with Crippen LogP contribution in [0.5, 0.6) is 0 Å². The van der Waals surface area contributed by atoms with Crippen molar-refractivity contribution in [1.29, 1.82) is 0 Å². The Hall–Kier alpha value is -1.71. The third kappa shape index (κ3) is 3.12. The minimum atomic E-state index is -4.00. The van der Waals surface area contributed by atoms with Crippen LogP contribution in [0.25, 0.3) is 0 Å². The Morgan fingerprint density at radius 1 is 1.41 bits per heavy atom. The fourth-order valence-corrected chi connectivity index (χ4v) is 2.47. The molecule has 0 aromatic heterocycles. The molecular weight excluding hydrogens is 248 g/mol. The number of hydrazine groups is 1.